The molecule has 1 saturated heterocycles. The van der Waals surface area contributed by atoms with Gasteiger partial charge < -0.3 is 10.0 Å². The normalized spacial score (nSPS) is 22.6. The third kappa shape index (κ3) is 3.22. The molecule has 86 valence electrons. The van der Waals surface area contributed by atoms with E-state index >= 15 is 0 Å². The van der Waals surface area contributed by atoms with E-state index in [2.05, 4.69) is 13.8 Å². The number of aliphatic carboxylic acids is 1. The SMILES string of the molecule is CC(CN1CCC(C)(C)CC1=O)C(=O)O. The number of hydrogen-bond donors (Lipinski definition) is 1. The lowest BCUT2D eigenvalue weighted by Crippen LogP contribution is -2.44. The lowest BCUT2D eigenvalue weighted by atomic mass is 9.82. The van der Waals surface area contributed by atoms with Crippen molar-refractivity contribution in [3.63, 3.8) is 0 Å². The van der Waals surface area contributed by atoms with Crippen LogP contribution >= 0.6 is 0 Å². The van der Waals surface area contributed by atoms with Gasteiger partial charge in [0.25, 0.3) is 0 Å². The molecule has 1 fully saturated rings. The number of piperidine rings is 1. The van der Waals surface area contributed by atoms with Crippen molar-refractivity contribution < 1.29 is 14.7 Å². The van der Waals surface area contributed by atoms with Crippen LogP contribution in [0.2, 0.25) is 0 Å². The number of amides is 1. The van der Waals surface area contributed by atoms with E-state index in [-0.39, 0.29) is 11.3 Å². The summed E-state index contributed by atoms with van der Waals surface area (Å²) in [5, 5.41) is 8.76. The molecule has 1 amide bonds. The number of rotatable bonds is 3. The van der Waals surface area contributed by atoms with Gasteiger partial charge in [-0.05, 0) is 11.8 Å². The molecule has 0 aromatic rings. The van der Waals surface area contributed by atoms with Gasteiger partial charge in [-0.25, -0.2) is 0 Å². The number of hydrogen-bond acceptors (Lipinski definition) is 2. The molecule has 1 atom stereocenters. The maximum absolute atomic E-state index is 11.7. The van der Waals surface area contributed by atoms with Crippen molar-refractivity contribution in [2.45, 2.75) is 33.6 Å². The van der Waals surface area contributed by atoms with Crippen LogP contribution in [0.25, 0.3) is 0 Å². The van der Waals surface area contributed by atoms with Crippen LogP contribution in [0.15, 0.2) is 0 Å². The highest BCUT2D eigenvalue weighted by atomic mass is 16.4. The second-order valence-electron chi connectivity index (χ2n) is 5.17. The van der Waals surface area contributed by atoms with E-state index in [1.165, 1.54) is 0 Å². The van der Waals surface area contributed by atoms with Crippen LogP contribution in [0.1, 0.15) is 33.6 Å². The van der Waals surface area contributed by atoms with E-state index < -0.39 is 11.9 Å². The highest BCUT2D eigenvalue weighted by molar-refractivity contribution is 5.78. The molecule has 15 heavy (non-hydrogen) atoms. The Hall–Kier alpha value is -1.06. The molecular formula is C11H19NO3. The maximum Gasteiger partial charge on any atom is 0.308 e. The van der Waals surface area contributed by atoms with Crippen LogP contribution in [0.5, 0.6) is 0 Å². The molecule has 1 unspecified atom stereocenters. The van der Waals surface area contributed by atoms with Crippen molar-refractivity contribution in [2.75, 3.05) is 13.1 Å². The minimum atomic E-state index is -0.840. The van der Waals surface area contributed by atoms with E-state index in [0.29, 0.717) is 19.5 Å². The van der Waals surface area contributed by atoms with E-state index in [4.69, 9.17) is 5.11 Å². The Bertz CT molecular complexity index is 273. The fourth-order valence-electron chi connectivity index (χ4n) is 1.77. The predicted molar refractivity (Wildman–Crippen MR) is 56.4 cm³/mol. The Morgan fingerprint density at radius 1 is 1.60 bits per heavy atom. The molecule has 1 aliphatic rings. The van der Waals surface area contributed by atoms with E-state index in [1.54, 1.807) is 11.8 Å². The lowest BCUT2D eigenvalue weighted by Gasteiger charge is -2.37. The van der Waals surface area contributed by atoms with Gasteiger partial charge in [0.15, 0.2) is 0 Å². The Morgan fingerprint density at radius 2 is 2.20 bits per heavy atom. The minimum Gasteiger partial charge on any atom is -0.481 e. The first-order valence-corrected chi connectivity index (χ1v) is 5.32. The fourth-order valence-corrected chi connectivity index (χ4v) is 1.77. The quantitative estimate of drug-likeness (QED) is 0.770. The largest absolute Gasteiger partial charge is 0.481 e. The average molecular weight is 213 g/mol. The second kappa shape index (κ2) is 4.21. The molecule has 4 heteroatoms. The van der Waals surface area contributed by atoms with Gasteiger partial charge >= 0.3 is 5.97 Å². The molecule has 0 spiro atoms. The molecule has 0 bridgehead atoms. The molecule has 0 aromatic heterocycles. The summed E-state index contributed by atoms with van der Waals surface area (Å²) >= 11 is 0. The van der Waals surface area contributed by atoms with Crippen molar-refractivity contribution >= 4 is 11.9 Å². The van der Waals surface area contributed by atoms with Crippen molar-refractivity contribution in [3.05, 3.63) is 0 Å². The van der Waals surface area contributed by atoms with Crippen molar-refractivity contribution in [3.8, 4) is 0 Å². The molecule has 1 heterocycles. The van der Waals surface area contributed by atoms with Crippen LogP contribution in [0.4, 0.5) is 0 Å². The van der Waals surface area contributed by atoms with E-state index in [1.807, 2.05) is 0 Å². The second-order valence-corrected chi connectivity index (χ2v) is 5.17. The minimum absolute atomic E-state index is 0.0695. The number of carboxylic acids is 1. The molecule has 1 N–H and O–H groups in total. The third-order valence-corrected chi connectivity index (χ3v) is 2.96. The molecule has 0 aromatic carbocycles. The zero-order chi connectivity index (χ0) is 11.6. The Labute approximate surface area is 90.3 Å². The molecule has 1 aliphatic heterocycles. The maximum atomic E-state index is 11.7. The van der Waals surface area contributed by atoms with Crippen LogP contribution < -0.4 is 0 Å². The van der Waals surface area contributed by atoms with Gasteiger partial charge in [0.1, 0.15) is 0 Å². The Kier molecular flexibility index (Phi) is 3.37. The molecule has 0 radical (unpaired) electrons. The van der Waals surface area contributed by atoms with E-state index in [0.717, 1.165) is 6.42 Å². The summed E-state index contributed by atoms with van der Waals surface area (Å²) in [7, 11) is 0. The smallest absolute Gasteiger partial charge is 0.308 e. The summed E-state index contributed by atoms with van der Waals surface area (Å²) in [6.07, 6.45) is 1.48. The molecule has 0 saturated carbocycles. The number of carbonyl (C=O) groups is 2. The molecule has 0 aliphatic carbocycles. The standard InChI is InChI=1S/C11H19NO3/c1-8(10(14)15)7-12-5-4-11(2,3)6-9(12)13/h8H,4-7H2,1-3H3,(H,14,15). The van der Waals surface area contributed by atoms with Gasteiger partial charge in [0, 0.05) is 19.5 Å². The predicted octanol–water partition coefficient (Wildman–Crippen LogP) is 1.36. The van der Waals surface area contributed by atoms with Gasteiger partial charge in [0.2, 0.25) is 5.91 Å². The summed E-state index contributed by atoms with van der Waals surface area (Å²) in [5.41, 5.74) is 0.0695. The number of nitrogens with zero attached hydrogens (tertiary/aromatic N) is 1. The van der Waals surface area contributed by atoms with Crippen molar-refractivity contribution in [1.29, 1.82) is 0 Å². The first kappa shape index (κ1) is 12.0. The van der Waals surface area contributed by atoms with Gasteiger partial charge in [0.05, 0.1) is 5.92 Å². The highest BCUT2D eigenvalue weighted by Gasteiger charge is 2.32. The summed E-state index contributed by atoms with van der Waals surface area (Å²) < 4.78 is 0. The molecular weight excluding hydrogens is 194 g/mol. The van der Waals surface area contributed by atoms with Crippen LogP contribution in [0.3, 0.4) is 0 Å². The molecule has 1 rings (SSSR count). The highest BCUT2D eigenvalue weighted by Crippen LogP contribution is 2.30. The van der Waals surface area contributed by atoms with Gasteiger partial charge in [-0.2, -0.15) is 0 Å². The van der Waals surface area contributed by atoms with Gasteiger partial charge in [-0.1, -0.05) is 20.8 Å². The monoisotopic (exact) mass is 213 g/mol. The number of carbonyl (C=O) groups excluding carboxylic acids is 1. The van der Waals surface area contributed by atoms with Crippen molar-refractivity contribution in [2.24, 2.45) is 11.3 Å². The van der Waals surface area contributed by atoms with Crippen LogP contribution in [-0.2, 0) is 9.59 Å². The first-order valence-electron chi connectivity index (χ1n) is 5.32. The number of carboxylic acid groups (broad SMARTS) is 1. The van der Waals surface area contributed by atoms with E-state index in [9.17, 15) is 9.59 Å². The number of likely N-dealkylation sites (tertiary alicyclic amines) is 1. The Balaban J connectivity index is 2.52. The Morgan fingerprint density at radius 3 is 2.67 bits per heavy atom. The van der Waals surface area contributed by atoms with Gasteiger partial charge in [-0.3, -0.25) is 9.59 Å². The van der Waals surface area contributed by atoms with Gasteiger partial charge in [-0.15, -0.1) is 0 Å². The summed E-state index contributed by atoms with van der Waals surface area (Å²) in [6.45, 7) is 6.80. The zero-order valence-electron chi connectivity index (χ0n) is 9.62. The summed E-state index contributed by atoms with van der Waals surface area (Å²) in [6, 6.07) is 0. The lowest BCUT2D eigenvalue weighted by molar-refractivity contribution is -0.144. The first-order chi connectivity index (χ1) is 6.82. The third-order valence-electron chi connectivity index (χ3n) is 2.96. The topological polar surface area (TPSA) is 57.6 Å². The zero-order valence-corrected chi connectivity index (χ0v) is 9.62. The summed E-state index contributed by atoms with van der Waals surface area (Å²) in [5.74, 6) is -1.23. The van der Waals surface area contributed by atoms with Crippen LogP contribution in [0, 0.1) is 11.3 Å². The average Bonchev–Trinajstić information content (AvgIpc) is 2.08. The van der Waals surface area contributed by atoms with Crippen molar-refractivity contribution in [1.82, 2.24) is 4.90 Å². The summed E-state index contributed by atoms with van der Waals surface area (Å²) in [4.78, 5) is 24.0. The van der Waals surface area contributed by atoms with Crippen LogP contribution in [-0.4, -0.2) is 35.0 Å². The molecule has 4 nitrogen and oxygen atoms in total. The fraction of sp³-hybridized carbons (Fsp3) is 0.818.